The fourth-order valence-corrected chi connectivity index (χ4v) is 3.00. The number of hydrogen-bond donors (Lipinski definition) is 2. The number of thiophene rings is 1. The maximum atomic E-state index is 12.5. The van der Waals surface area contributed by atoms with Crippen LogP contribution in [-0.2, 0) is 9.53 Å². The van der Waals surface area contributed by atoms with Crippen molar-refractivity contribution < 1.29 is 19.1 Å². The Labute approximate surface area is 147 Å². The molecular formula is C16H15ClN2O4S. The van der Waals surface area contributed by atoms with Crippen molar-refractivity contribution in [3.63, 3.8) is 0 Å². The first kappa shape index (κ1) is 18.0. The molecular weight excluding hydrogens is 352 g/mol. The van der Waals surface area contributed by atoms with Crippen LogP contribution in [0.1, 0.15) is 32.5 Å². The molecule has 0 aliphatic carbocycles. The van der Waals surface area contributed by atoms with Gasteiger partial charge in [-0.15, -0.1) is 11.3 Å². The van der Waals surface area contributed by atoms with Gasteiger partial charge in [-0.3, -0.25) is 14.4 Å². The molecule has 8 heteroatoms. The summed E-state index contributed by atoms with van der Waals surface area (Å²) in [4.78, 5) is 36.0. The van der Waals surface area contributed by atoms with Crippen LogP contribution in [0.5, 0.6) is 0 Å². The van der Waals surface area contributed by atoms with Gasteiger partial charge in [0, 0.05) is 5.56 Å². The minimum Gasteiger partial charge on any atom is -0.465 e. The first-order valence-electron chi connectivity index (χ1n) is 7.06. The van der Waals surface area contributed by atoms with E-state index in [4.69, 9.17) is 22.1 Å². The summed E-state index contributed by atoms with van der Waals surface area (Å²) >= 11 is 6.98. The number of rotatable bonds is 6. The predicted molar refractivity (Wildman–Crippen MR) is 92.6 cm³/mol. The van der Waals surface area contributed by atoms with Gasteiger partial charge in [-0.2, -0.15) is 0 Å². The summed E-state index contributed by atoms with van der Waals surface area (Å²) in [7, 11) is 0. The Balaban J connectivity index is 2.15. The smallest absolute Gasteiger partial charge is 0.325 e. The number of ketones is 1. The van der Waals surface area contributed by atoms with E-state index in [1.807, 2.05) is 0 Å². The summed E-state index contributed by atoms with van der Waals surface area (Å²) in [6.45, 7) is 1.65. The lowest BCUT2D eigenvalue weighted by atomic mass is 10.1. The summed E-state index contributed by atoms with van der Waals surface area (Å²) in [5.74, 6) is -1.40. The molecule has 2 rings (SSSR count). The lowest BCUT2D eigenvalue weighted by molar-refractivity contribution is -0.141. The van der Waals surface area contributed by atoms with Gasteiger partial charge in [-0.25, -0.2) is 0 Å². The van der Waals surface area contributed by atoms with Crippen LogP contribution in [0.25, 0.3) is 0 Å². The Hall–Kier alpha value is -2.38. The molecule has 1 aromatic carbocycles. The summed E-state index contributed by atoms with van der Waals surface area (Å²) < 4.78 is 4.72. The Morgan fingerprint density at radius 3 is 2.62 bits per heavy atom. The zero-order valence-electron chi connectivity index (χ0n) is 12.8. The average molecular weight is 367 g/mol. The molecule has 0 atom stereocenters. The number of halogens is 1. The Bertz CT molecular complexity index is 788. The van der Waals surface area contributed by atoms with Crippen LogP contribution in [0.15, 0.2) is 30.3 Å². The number of nitrogen functional groups attached to an aromatic ring is 1. The molecule has 0 unspecified atom stereocenters. The van der Waals surface area contributed by atoms with Crippen LogP contribution in [0, 0.1) is 0 Å². The molecule has 126 valence electrons. The zero-order valence-corrected chi connectivity index (χ0v) is 14.4. The number of esters is 1. The fraction of sp³-hybridized carbons (Fsp3) is 0.188. The highest BCUT2D eigenvalue weighted by Gasteiger charge is 2.21. The maximum absolute atomic E-state index is 12.5. The van der Waals surface area contributed by atoms with E-state index in [1.165, 1.54) is 6.07 Å². The minimum absolute atomic E-state index is 0.203. The largest absolute Gasteiger partial charge is 0.465 e. The van der Waals surface area contributed by atoms with Crippen LogP contribution in [0.2, 0.25) is 5.02 Å². The minimum atomic E-state index is -0.539. The lowest BCUT2D eigenvalue weighted by Crippen LogP contribution is -2.30. The molecule has 0 saturated carbocycles. The van der Waals surface area contributed by atoms with E-state index in [2.05, 4.69) is 5.32 Å². The predicted octanol–water partition coefficient (Wildman–Crippen LogP) is 2.51. The third-order valence-corrected chi connectivity index (χ3v) is 4.34. The van der Waals surface area contributed by atoms with E-state index >= 15 is 0 Å². The second-order valence-corrected chi connectivity index (χ2v) is 6.18. The average Bonchev–Trinajstić information content (AvgIpc) is 2.94. The lowest BCUT2D eigenvalue weighted by Gasteiger charge is -2.03. The SMILES string of the molecule is CCOC(=O)CNC(=O)c1cc(C(=O)c2ccccc2Cl)c(N)s1. The van der Waals surface area contributed by atoms with Crippen molar-refractivity contribution >= 4 is 45.6 Å². The third-order valence-electron chi connectivity index (χ3n) is 3.05. The number of carbonyl (C=O) groups is 3. The number of nitrogens with one attached hydrogen (secondary N) is 1. The van der Waals surface area contributed by atoms with Gasteiger partial charge in [-0.1, -0.05) is 23.7 Å². The second kappa shape index (κ2) is 7.94. The molecule has 3 N–H and O–H groups in total. The molecule has 6 nitrogen and oxygen atoms in total. The molecule has 1 amide bonds. The van der Waals surface area contributed by atoms with E-state index in [1.54, 1.807) is 31.2 Å². The molecule has 0 aliphatic rings. The van der Waals surface area contributed by atoms with E-state index in [9.17, 15) is 14.4 Å². The van der Waals surface area contributed by atoms with Crippen LogP contribution in [0.4, 0.5) is 5.00 Å². The highest BCUT2D eigenvalue weighted by Crippen LogP contribution is 2.29. The van der Waals surface area contributed by atoms with Crippen molar-refractivity contribution in [2.45, 2.75) is 6.92 Å². The quantitative estimate of drug-likeness (QED) is 0.604. The van der Waals surface area contributed by atoms with Crippen LogP contribution in [0.3, 0.4) is 0 Å². The third kappa shape index (κ3) is 4.12. The van der Waals surface area contributed by atoms with Gasteiger partial charge in [-0.05, 0) is 25.1 Å². The summed E-state index contributed by atoms with van der Waals surface area (Å²) in [6.07, 6.45) is 0. The molecule has 2 aromatic rings. The Morgan fingerprint density at radius 1 is 1.25 bits per heavy atom. The summed E-state index contributed by atoms with van der Waals surface area (Å²) in [5.41, 5.74) is 6.36. The number of hydrogen-bond acceptors (Lipinski definition) is 6. The zero-order chi connectivity index (χ0) is 17.7. The highest BCUT2D eigenvalue weighted by molar-refractivity contribution is 7.18. The van der Waals surface area contributed by atoms with Crippen LogP contribution >= 0.6 is 22.9 Å². The van der Waals surface area contributed by atoms with Gasteiger partial charge in [0.2, 0.25) is 0 Å². The van der Waals surface area contributed by atoms with Crippen molar-refractivity contribution in [2.24, 2.45) is 0 Å². The number of carbonyl (C=O) groups excluding carboxylic acids is 3. The molecule has 1 heterocycles. The number of anilines is 1. The second-order valence-electron chi connectivity index (χ2n) is 4.69. The van der Waals surface area contributed by atoms with Crippen LogP contribution < -0.4 is 11.1 Å². The van der Waals surface area contributed by atoms with Gasteiger partial charge in [0.25, 0.3) is 5.91 Å². The van der Waals surface area contributed by atoms with Gasteiger partial charge < -0.3 is 15.8 Å². The number of nitrogens with two attached hydrogens (primary N) is 1. The van der Waals surface area contributed by atoms with Crippen molar-refractivity contribution in [2.75, 3.05) is 18.9 Å². The van der Waals surface area contributed by atoms with Gasteiger partial charge in [0.15, 0.2) is 5.78 Å². The van der Waals surface area contributed by atoms with E-state index in [0.717, 1.165) is 11.3 Å². The Morgan fingerprint density at radius 2 is 1.96 bits per heavy atom. The van der Waals surface area contributed by atoms with E-state index in [0.29, 0.717) is 10.6 Å². The first-order valence-corrected chi connectivity index (χ1v) is 8.25. The monoisotopic (exact) mass is 366 g/mol. The summed E-state index contributed by atoms with van der Waals surface area (Å²) in [5, 5.41) is 2.93. The maximum Gasteiger partial charge on any atom is 0.325 e. The molecule has 1 aromatic heterocycles. The molecule has 24 heavy (non-hydrogen) atoms. The number of benzene rings is 1. The van der Waals surface area contributed by atoms with Crippen molar-refractivity contribution in [1.82, 2.24) is 5.32 Å². The summed E-state index contributed by atoms with van der Waals surface area (Å²) in [6, 6.07) is 7.98. The first-order chi connectivity index (χ1) is 11.4. The van der Waals surface area contributed by atoms with Gasteiger partial charge in [0.1, 0.15) is 6.54 Å². The Kier molecular flexibility index (Phi) is 5.94. The fourth-order valence-electron chi connectivity index (χ4n) is 1.94. The molecule has 0 radical (unpaired) electrons. The van der Waals surface area contributed by atoms with Crippen molar-refractivity contribution in [3.05, 3.63) is 51.4 Å². The standard InChI is InChI=1S/C16H15ClN2O4S/c1-2-23-13(20)8-19-16(22)12-7-10(15(18)24-12)14(21)9-5-3-4-6-11(9)17/h3-7H,2,8,18H2,1H3,(H,19,22). The number of amides is 1. The normalized spacial score (nSPS) is 10.2. The van der Waals surface area contributed by atoms with Gasteiger partial charge in [0.05, 0.1) is 27.1 Å². The van der Waals surface area contributed by atoms with Crippen molar-refractivity contribution in [3.8, 4) is 0 Å². The molecule has 0 saturated heterocycles. The molecule has 0 aliphatic heterocycles. The van der Waals surface area contributed by atoms with Crippen molar-refractivity contribution in [1.29, 1.82) is 0 Å². The molecule has 0 fully saturated rings. The van der Waals surface area contributed by atoms with E-state index < -0.39 is 11.9 Å². The van der Waals surface area contributed by atoms with E-state index in [-0.39, 0.29) is 34.4 Å². The van der Waals surface area contributed by atoms with Gasteiger partial charge >= 0.3 is 5.97 Å². The van der Waals surface area contributed by atoms with Crippen LogP contribution in [-0.4, -0.2) is 30.8 Å². The molecule has 0 spiro atoms. The topological polar surface area (TPSA) is 98.5 Å². The highest BCUT2D eigenvalue weighted by atomic mass is 35.5. The molecule has 0 bridgehead atoms. The number of ether oxygens (including phenoxy) is 1.